The molecule has 4 heteroatoms. The number of anilines is 1. The van der Waals surface area contributed by atoms with Crippen molar-refractivity contribution in [2.45, 2.75) is 25.7 Å². The van der Waals surface area contributed by atoms with Crippen molar-refractivity contribution in [3.05, 3.63) is 40.7 Å². The van der Waals surface area contributed by atoms with Crippen molar-refractivity contribution in [2.75, 3.05) is 5.73 Å². The molecule has 0 spiro atoms. The van der Waals surface area contributed by atoms with E-state index in [1.54, 1.807) is 0 Å². The second kappa shape index (κ2) is 4.25. The van der Waals surface area contributed by atoms with Crippen molar-refractivity contribution in [2.24, 2.45) is 0 Å². The Hall–Kier alpha value is -1.61. The summed E-state index contributed by atoms with van der Waals surface area (Å²) >= 11 is 6.03. The number of hydrogen-bond donors (Lipinski definition) is 1. The topological polar surface area (TPSA) is 51.8 Å². The van der Waals surface area contributed by atoms with Crippen LogP contribution in [0.15, 0.2) is 24.3 Å². The van der Waals surface area contributed by atoms with Crippen LogP contribution < -0.4 is 5.73 Å². The number of aromatic nitrogens is 2. The number of nitrogen functional groups attached to an aromatic ring is 1. The molecular weight excluding hydrogens is 246 g/mol. The summed E-state index contributed by atoms with van der Waals surface area (Å²) in [5, 5.41) is 0.706. The van der Waals surface area contributed by atoms with Gasteiger partial charge in [-0.15, -0.1) is 0 Å². The normalized spacial score (nSPS) is 14.8. The molecule has 0 unspecified atom stereocenters. The van der Waals surface area contributed by atoms with Gasteiger partial charge in [-0.3, -0.25) is 0 Å². The highest BCUT2D eigenvalue weighted by atomic mass is 35.5. The maximum atomic E-state index is 6.03. The van der Waals surface area contributed by atoms with Crippen LogP contribution in [0.3, 0.4) is 0 Å². The Morgan fingerprint density at radius 3 is 2.72 bits per heavy atom. The monoisotopic (exact) mass is 259 g/mol. The zero-order valence-electron chi connectivity index (χ0n) is 10.2. The van der Waals surface area contributed by atoms with Gasteiger partial charge in [0.25, 0.3) is 0 Å². The van der Waals surface area contributed by atoms with Gasteiger partial charge in [0.05, 0.1) is 5.69 Å². The molecule has 18 heavy (non-hydrogen) atoms. The summed E-state index contributed by atoms with van der Waals surface area (Å²) < 4.78 is 0. The number of halogens is 1. The van der Waals surface area contributed by atoms with Crippen LogP contribution in [0, 0.1) is 6.92 Å². The number of hydrogen-bond acceptors (Lipinski definition) is 3. The smallest absolute Gasteiger partial charge is 0.134 e. The number of rotatable bonds is 2. The molecule has 2 N–H and O–H groups in total. The Morgan fingerprint density at radius 2 is 2.06 bits per heavy atom. The van der Waals surface area contributed by atoms with Gasteiger partial charge in [0.1, 0.15) is 11.6 Å². The second-order valence-electron chi connectivity index (χ2n) is 4.73. The lowest BCUT2D eigenvalue weighted by molar-refractivity contribution is 0.928. The summed E-state index contributed by atoms with van der Waals surface area (Å²) in [6.45, 7) is 1.95. The molecule has 0 radical (unpaired) electrons. The summed E-state index contributed by atoms with van der Waals surface area (Å²) in [4.78, 5) is 9.03. The van der Waals surface area contributed by atoms with Gasteiger partial charge in [-0.2, -0.15) is 0 Å². The fraction of sp³-hybridized carbons (Fsp3) is 0.286. The van der Waals surface area contributed by atoms with Crippen LogP contribution in [-0.4, -0.2) is 9.97 Å². The minimum atomic E-state index is 0.492. The summed E-state index contributed by atoms with van der Waals surface area (Å²) in [7, 11) is 0. The zero-order valence-corrected chi connectivity index (χ0v) is 10.9. The molecule has 0 saturated heterocycles. The highest BCUT2D eigenvalue weighted by molar-refractivity contribution is 6.30. The van der Waals surface area contributed by atoms with E-state index in [4.69, 9.17) is 17.3 Å². The minimum absolute atomic E-state index is 0.492. The lowest BCUT2D eigenvalue weighted by Gasteiger charge is -2.10. The average molecular weight is 260 g/mol. The quantitative estimate of drug-likeness (QED) is 0.897. The largest absolute Gasteiger partial charge is 0.383 e. The highest BCUT2D eigenvalue weighted by Crippen LogP contribution is 2.39. The molecule has 1 aromatic carbocycles. The van der Waals surface area contributed by atoms with Crippen LogP contribution in [0.4, 0.5) is 5.82 Å². The SMILES string of the molecule is Cc1c(N)nc(C2CC2)nc1-c1cccc(Cl)c1. The predicted molar refractivity (Wildman–Crippen MR) is 73.6 cm³/mol. The Labute approximate surface area is 111 Å². The Kier molecular flexibility index (Phi) is 2.71. The lowest BCUT2D eigenvalue weighted by atomic mass is 10.1. The third-order valence-electron chi connectivity index (χ3n) is 3.24. The van der Waals surface area contributed by atoms with Crippen molar-refractivity contribution in [3.63, 3.8) is 0 Å². The summed E-state index contributed by atoms with van der Waals surface area (Å²) in [6.07, 6.45) is 2.33. The molecular formula is C14H14ClN3. The van der Waals surface area contributed by atoms with Gasteiger partial charge >= 0.3 is 0 Å². The summed E-state index contributed by atoms with van der Waals surface area (Å²) in [6, 6.07) is 7.68. The molecule has 1 heterocycles. The fourth-order valence-corrected chi connectivity index (χ4v) is 2.18. The molecule has 2 aromatic rings. The molecule has 0 atom stereocenters. The van der Waals surface area contributed by atoms with Gasteiger partial charge in [-0.1, -0.05) is 23.7 Å². The van der Waals surface area contributed by atoms with Crippen molar-refractivity contribution in [3.8, 4) is 11.3 Å². The molecule has 1 aromatic heterocycles. The summed E-state index contributed by atoms with van der Waals surface area (Å²) in [5.74, 6) is 1.93. The van der Waals surface area contributed by atoms with Crippen LogP contribution >= 0.6 is 11.6 Å². The third-order valence-corrected chi connectivity index (χ3v) is 3.48. The van der Waals surface area contributed by atoms with Crippen LogP contribution in [0.1, 0.15) is 30.1 Å². The molecule has 1 saturated carbocycles. The first-order chi connectivity index (χ1) is 8.65. The number of benzene rings is 1. The maximum absolute atomic E-state index is 6.03. The maximum Gasteiger partial charge on any atom is 0.134 e. The third kappa shape index (κ3) is 2.06. The Morgan fingerprint density at radius 1 is 1.28 bits per heavy atom. The van der Waals surface area contributed by atoms with Crippen LogP contribution in [-0.2, 0) is 0 Å². The first-order valence-electron chi connectivity index (χ1n) is 6.05. The van der Waals surface area contributed by atoms with E-state index in [2.05, 4.69) is 9.97 Å². The fourth-order valence-electron chi connectivity index (χ4n) is 1.99. The second-order valence-corrected chi connectivity index (χ2v) is 5.16. The van der Waals surface area contributed by atoms with Crippen LogP contribution in [0.25, 0.3) is 11.3 Å². The van der Waals surface area contributed by atoms with Crippen LogP contribution in [0.5, 0.6) is 0 Å². The standard InChI is InChI=1S/C14H14ClN3/c1-8-12(10-3-2-4-11(15)7-10)17-14(9-5-6-9)18-13(8)16/h2-4,7,9H,5-6H2,1H3,(H2,16,17,18). The number of nitrogens with two attached hydrogens (primary N) is 1. The molecule has 0 bridgehead atoms. The lowest BCUT2D eigenvalue weighted by Crippen LogP contribution is -2.04. The van der Waals surface area contributed by atoms with Gasteiger partial charge in [0.15, 0.2) is 0 Å². The van der Waals surface area contributed by atoms with E-state index < -0.39 is 0 Å². The molecule has 1 fully saturated rings. The van der Waals surface area contributed by atoms with Crippen molar-refractivity contribution in [1.29, 1.82) is 0 Å². The van der Waals surface area contributed by atoms with E-state index in [0.29, 0.717) is 16.8 Å². The minimum Gasteiger partial charge on any atom is -0.383 e. The predicted octanol–water partition coefficient (Wildman–Crippen LogP) is 3.57. The molecule has 1 aliphatic rings. The Bertz CT molecular complexity index is 606. The molecule has 92 valence electrons. The zero-order chi connectivity index (χ0) is 12.7. The first-order valence-corrected chi connectivity index (χ1v) is 6.43. The molecule has 3 nitrogen and oxygen atoms in total. The van der Waals surface area contributed by atoms with Gasteiger partial charge < -0.3 is 5.73 Å². The van der Waals surface area contributed by atoms with E-state index in [-0.39, 0.29) is 0 Å². The van der Waals surface area contributed by atoms with E-state index in [0.717, 1.165) is 35.5 Å². The molecule has 1 aliphatic carbocycles. The molecule has 0 amide bonds. The van der Waals surface area contributed by atoms with Gasteiger partial charge in [0, 0.05) is 22.1 Å². The average Bonchev–Trinajstić information content (AvgIpc) is 3.16. The highest BCUT2D eigenvalue weighted by Gasteiger charge is 2.28. The molecule has 3 rings (SSSR count). The Balaban J connectivity index is 2.15. The van der Waals surface area contributed by atoms with Crippen molar-refractivity contribution in [1.82, 2.24) is 9.97 Å². The number of nitrogens with zero attached hydrogens (tertiary/aromatic N) is 2. The first kappa shape index (κ1) is 11.5. The van der Waals surface area contributed by atoms with Gasteiger partial charge in [-0.05, 0) is 31.9 Å². The molecule has 0 aliphatic heterocycles. The van der Waals surface area contributed by atoms with Crippen LogP contribution in [0.2, 0.25) is 5.02 Å². The van der Waals surface area contributed by atoms with E-state index in [1.165, 1.54) is 0 Å². The van der Waals surface area contributed by atoms with Crippen molar-refractivity contribution >= 4 is 17.4 Å². The van der Waals surface area contributed by atoms with E-state index in [1.807, 2.05) is 31.2 Å². The summed E-state index contributed by atoms with van der Waals surface area (Å²) in [5.41, 5.74) is 8.79. The van der Waals surface area contributed by atoms with Gasteiger partial charge in [-0.25, -0.2) is 9.97 Å². The van der Waals surface area contributed by atoms with E-state index in [9.17, 15) is 0 Å². The van der Waals surface area contributed by atoms with E-state index >= 15 is 0 Å². The van der Waals surface area contributed by atoms with Crippen molar-refractivity contribution < 1.29 is 0 Å². The van der Waals surface area contributed by atoms with Gasteiger partial charge in [0.2, 0.25) is 0 Å².